The van der Waals surface area contributed by atoms with E-state index in [4.69, 9.17) is 4.52 Å². The maximum absolute atomic E-state index is 12.3. The van der Waals surface area contributed by atoms with E-state index in [9.17, 15) is 9.59 Å². The molecule has 0 atom stereocenters. The molecule has 7 nitrogen and oxygen atoms in total. The molecule has 0 fully saturated rings. The summed E-state index contributed by atoms with van der Waals surface area (Å²) in [5, 5.41) is 10.7. The fraction of sp³-hybridized carbons (Fsp3) is 0.300. The van der Waals surface area contributed by atoms with Gasteiger partial charge in [0.1, 0.15) is 0 Å². The molecule has 0 radical (unpaired) electrons. The molecule has 0 spiro atoms. The van der Waals surface area contributed by atoms with Gasteiger partial charge in [0.25, 0.3) is 0 Å². The highest BCUT2D eigenvalue weighted by atomic mass is 32.1. The average molecular weight is 398 g/mol. The number of benzene rings is 1. The van der Waals surface area contributed by atoms with Gasteiger partial charge in [-0.15, -0.1) is 0 Å². The summed E-state index contributed by atoms with van der Waals surface area (Å²) < 4.78 is 5.20. The molecule has 2 amide bonds. The molecule has 0 aliphatic heterocycles. The lowest BCUT2D eigenvalue weighted by Gasteiger charge is -2.17. The van der Waals surface area contributed by atoms with Crippen LogP contribution in [0.1, 0.15) is 23.4 Å². The number of carbonyl (C=O) groups is 2. The third-order valence-electron chi connectivity index (χ3n) is 4.27. The zero-order valence-electron chi connectivity index (χ0n) is 16.1. The number of anilines is 1. The van der Waals surface area contributed by atoms with Crippen molar-refractivity contribution in [1.29, 1.82) is 0 Å². The van der Waals surface area contributed by atoms with Crippen molar-refractivity contribution < 1.29 is 14.1 Å². The first-order valence-electron chi connectivity index (χ1n) is 8.88. The second kappa shape index (κ2) is 8.79. The first kappa shape index (κ1) is 19.8. The largest absolute Gasteiger partial charge is 0.339 e. The van der Waals surface area contributed by atoms with Gasteiger partial charge >= 0.3 is 0 Å². The van der Waals surface area contributed by atoms with Crippen LogP contribution in [0.4, 0.5) is 5.69 Å². The van der Waals surface area contributed by atoms with Gasteiger partial charge in [0, 0.05) is 36.5 Å². The Kier molecular flexibility index (Phi) is 6.20. The van der Waals surface area contributed by atoms with E-state index in [0.29, 0.717) is 18.1 Å². The normalized spacial score (nSPS) is 10.7. The average Bonchev–Trinajstić information content (AvgIpc) is 3.33. The highest BCUT2D eigenvalue weighted by molar-refractivity contribution is 7.08. The van der Waals surface area contributed by atoms with Gasteiger partial charge in [0.05, 0.1) is 6.54 Å². The van der Waals surface area contributed by atoms with Gasteiger partial charge in [0.15, 0.2) is 0 Å². The summed E-state index contributed by atoms with van der Waals surface area (Å²) in [5.74, 6) is 0.529. The standard InChI is InChI=1S/C20H22N4O3S/c1-13-4-5-14(2)16(10-13)21-17(25)11-24(3)19(26)7-6-18-22-20(23-27-18)15-8-9-28-12-15/h4-5,8-10,12H,6-7,11H2,1-3H3,(H,21,25). The smallest absolute Gasteiger partial charge is 0.243 e. The van der Waals surface area contributed by atoms with Crippen molar-refractivity contribution in [1.82, 2.24) is 15.0 Å². The molecule has 1 N–H and O–H groups in total. The number of aromatic nitrogens is 2. The molecule has 3 aromatic rings. The number of carbonyl (C=O) groups excluding carboxylic acids is 2. The number of nitrogens with one attached hydrogen (secondary N) is 1. The van der Waals surface area contributed by atoms with Crippen molar-refractivity contribution in [2.75, 3.05) is 18.9 Å². The molecule has 0 aliphatic rings. The van der Waals surface area contributed by atoms with Crippen LogP contribution in [0.3, 0.4) is 0 Å². The predicted molar refractivity (Wildman–Crippen MR) is 108 cm³/mol. The molecule has 28 heavy (non-hydrogen) atoms. The van der Waals surface area contributed by atoms with Gasteiger partial charge in [-0.2, -0.15) is 16.3 Å². The minimum atomic E-state index is -0.234. The number of thiophene rings is 1. The van der Waals surface area contributed by atoms with Crippen LogP contribution in [0.2, 0.25) is 0 Å². The Morgan fingerprint density at radius 2 is 2.07 bits per heavy atom. The highest BCUT2D eigenvalue weighted by Gasteiger charge is 2.16. The van der Waals surface area contributed by atoms with Crippen molar-refractivity contribution in [2.24, 2.45) is 0 Å². The number of hydrogen-bond donors (Lipinski definition) is 1. The molecule has 1 aromatic carbocycles. The van der Waals surface area contributed by atoms with Gasteiger partial charge in [-0.3, -0.25) is 9.59 Å². The van der Waals surface area contributed by atoms with Crippen LogP contribution in [0.5, 0.6) is 0 Å². The first-order chi connectivity index (χ1) is 13.4. The number of aryl methyl sites for hydroxylation is 3. The quantitative estimate of drug-likeness (QED) is 0.659. The molecule has 2 heterocycles. The van der Waals surface area contributed by atoms with E-state index in [1.54, 1.807) is 18.4 Å². The zero-order chi connectivity index (χ0) is 20.1. The molecule has 0 unspecified atom stereocenters. The monoisotopic (exact) mass is 398 g/mol. The molecule has 8 heteroatoms. The number of hydrogen-bond acceptors (Lipinski definition) is 6. The fourth-order valence-corrected chi connectivity index (χ4v) is 3.27. The lowest BCUT2D eigenvalue weighted by Crippen LogP contribution is -2.35. The van der Waals surface area contributed by atoms with Crippen molar-refractivity contribution in [3.63, 3.8) is 0 Å². The Morgan fingerprint density at radius 3 is 2.82 bits per heavy atom. The van der Waals surface area contributed by atoms with E-state index in [1.807, 2.05) is 48.9 Å². The van der Waals surface area contributed by atoms with Gasteiger partial charge in [0.2, 0.25) is 23.5 Å². The van der Waals surface area contributed by atoms with Gasteiger partial charge < -0.3 is 14.7 Å². The Labute approximate surface area is 167 Å². The van der Waals surface area contributed by atoms with Crippen LogP contribution in [-0.4, -0.2) is 40.4 Å². The minimum absolute atomic E-state index is 0.0177. The molecule has 146 valence electrons. The summed E-state index contributed by atoms with van der Waals surface area (Å²) >= 11 is 1.55. The van der Waals surface area contributed by atoms with E-state index >= 15 is 0 Å². The van der Waals surface area contributed by atoms with Crippen molar-refractivity contribution in [3.8, 4) is 11.4 Å². The van der Waals surface area contributed by atoms with Crippen LogP contribution in [0, 0.1) is 13.8 Å². The summed E-state index contributed by atoms with van der Waals surface area (Å²) in [6.45, 7) is 3.88. The SMILES string of the molecule is Cc1ccc(C)c(NC(=O)CN(C)C(=O)CCc2nc(-c3ccsc3)no2)c1. The Morgan fingerprint density at radius 1 is 1.25 bits per heavy atom. The van der Waals surface area contributed by atoms with Crippen LogP contribution in [-0.2, 0) is 16.0 Å². The Balaban J connectivity index is 1.49. The minimum Gasteiger partial charge on any atom is -0.339 e. The fourth-order valence-electron chi connectivity index (χ4n) is 2.63. The molecule has 0 saturated heterocycles. The number of amides is 2. The van der Waals surface area contributed by atoms with Gasteiger partial charge in [-0.25, -0.2) is 0 Å². The second-order valence-electron chi connectivity index (χ2n) is 6.64. The lowest BCUT2D eigenvalue weighted by molar-refractivity contribution is -0.133. The van der Waals surface area contributed by atoms with Crippen LogP contribution >= 0.6 is 11.3 Å². The van der Waals surface area contributed by atoms with E-state index in [2.05, 4.69) is 15.5 Å². The maximum atomic E-state index is 12.3. The van der Waals surface area contributed by atoms with E-state index in [-0.39, 0.29) is 24.8 Å². The summed E-state index contributed by atoms with van der Waals surface area (Å²) in [5.41, 5.74) is 3.70. The van der Waals surface area contributed by atoms with E-state index < -0.39 is 0 Å². The predicted octanol–water partition coefficient (Wildman–Crippen LogP) is 3.44. The first-order valence-corrected chi connectivity index (χ1v) is 9.83. The van der Waals surface area contributed by atoms with E-state index in [1.165, 1.54) is 4.90 Å². The number of nitrogens with zero attached hydrogens (tertiary/aromatic N) is 3. The summed E-state index contributed by atoms with van der Waals surface area (Å²) in [6, 6.07) is 7.76. The maximum Gasteiger partial charge on any atom is 0.243 e. The topological polar surface area (TPSA) is 88.3 Å². The van der Waals surface area contributed by atoms with Crippen LogP contribution in [0.25, 0.3) is 11.4 Å². The van der Waals surface area contributed by atoms with Gasteiger partial charge in [-0.05, 0) is 42.5 Å². The summed E-state index contributed by atoms with van der Waals surface area (Å²) in [7, 11) is 1.61. The third-order valence-corrected chi connectivity index (χ3v) is 4.96. The summed E-state index contributed by atoms with van der Waals surface area (Å²) in [4.78, 5) is 30.3. The van der Waals surface area contributed by atoms with Gasteiger partial charge in [-0.1, -0.05) is 17.3 Å². The Bertz CT molecular complexity index is 966. The summed E-state index contributed by atoms with van der Waals surface area (Å²) in [6.07, 6.45) is 0.525. The highest BCUT2D eigenvalue weighted by Crippen LogP contribution is 2.19. The molecule has 0 bridgehead atoms. The number of likely N-dealkylation sites (N-methyl/N-ethyl adjacent to an activating group) is 1. The third kappa shape index (κ3) is 5.04. The zero-order valence-corrected chi connectivity index (χ0v) is 16.9. The second-order valence-corrected chi connectivity index (χ2v) is 7.42. The van der Waals surface area contributed by atoms with Crippen molar-refractivity contribution in [3.05, 3.63) is 52.0 Å². The van der Waals surface area contributed by atoms with Crippen LogP contribution in [0.15, 0.2) is 39.5 Å². The number of rotatable bonds is 7. The molecule has 3 rings (SSSR count). The van der Waals surface area contributed by atoms with Crippen molar-refractivity contribution >= 4 is 28.8 Å². The lowest BCUT2D eigenvalue weighted by atomic mass is 10.1. The van der Waals surface area contributed by atoms with E-state index in [0.717, 1.165) is 22.4 Å². The molecule has 0 saturated carbocycles. The Hall–Kier alpha value is -3.00. The molecular formula is C20H22N4O3S. The van der Waals surface area contributed by atoms with Crippen LogP contribution < -0.4 is 5.32 Å². The van der Waals surface area contributed by atoms with Crippen molar-refractivity contribution in [2.45, 2.75) is 26.7 Å². The molecular weight excluding hydrogens is 376 g/mol. The molecule has 0 aliphatic carbocycles. The molecule has 2 aromatic heterocycles.